The van der Waals surface area contributed by atoms with Gasteiger partial charge in [0, 0.05) is 43.4 Å². The molecule has 1 fully saturated rings. The van der Waals surface area contributed by atoms with Crippen molar-refractivity contribution in [3.8, 4) is 0 Å². The molecule has 0 aliphatic carbocycles. The number of benzene rings is 1. The molecule has 22 heavy (non-hydrogen) atoms. The lowest BCUT2D eigenvalue weighted by molar-refractivity contribution is 0.177. The Balaban J connectivity index is 1.48. The van der Waals surface area contributed by atoms with Gasteiger partial charge in [-0.05, 0) is 58.9 Å². The van der Waals surface area contributed by atoms with Gasteiger partial charge in [0.05, 0.1) is 0 Å². The van der Waals surface area contributed by atoms with Gasteiger partial charge < -0.3 is 10.2 Å². The lowest BCUT2D eigenvalue weighted by Crippen LogP contribution is -2.49. The third-order valence-corrected chi connectivity index (χ3v) is 5.09. The smallest absolute Gasteiger partial charge is 0.173 e. The van der Waals surface area contributed by atoms with E-state index in [0.717, 1.165) is 48.5 Å². The van der Waals surface area contributed by atoms with Crippen molar-refractivity contribution in [1.82, 2.24) is 9.80 Å². The first kappa shape index (κ1) is 15.7. The standard InChI is InChI=1S/C16H18ClN3S2/c17-14-1-3-15(4-2-14)18-16(21)20-8-6-19(7-9-20)11-13-5-10-22-12-13/h1-5,10,12H,6-9,11H2,(H,18,21). The van der Waals surface area contributed by atoms with Crippen LogP contribution in [0, 0.1) is 0 Å². The van der Waals surface area contributed by atoms with Gasteiger partial charge in [0.25, 0.3) is 0 Å². The van der Waals surface area contributed by atoms with Crippen LogP contribution in [0.3, 0.4) is 0 Å². The van der Waals surface area contributed by atoms with Crippen LogP contribution < -0.4 is 5.32 Å². The van der Waals surface area contributed by atoms with Crippen molar-refractivity contribution in [1.29, 1.82) is 0 Å². The van der Waals surface area contributed by atoms with Crippen molar-refractivity contribution in [2.45, 2.75) is 6.54 Å². The Kier molecular flexibility index (Phi) is 5.31. The van der Waals surface area contributed by atoms with E-state index in [1.807, 2.05) is 24.3 Å². The molecule has 1 aromatic carbocycles. The summed E-state index contributed by atoms with van der Waals surface area (Å²) in [5.74, 6) is 0. The molecule has 116 valence electrons. The second-order valence-electron chi connectivity index (χ2n) is 5.33. The second-order valence-corrected chi connectivity index (χ2v) is 6.94. The van der Waals surface area contributed by atoms with Crippen LogP contribution in [0.1, 0.15) is 5.56 Å². The summed E-state index contributed by atoms with van der Waals surface area (Å²) < 4.78 is 0. The molecule has 2 aromatic rings. The lowest BCUT2D eigenvalue weighted by atomic mass is 10.2. The number of nitrogens with zero attached hydrogens (tertiary/aromatic N) is 2. The Bertz CT molecular complexity index is 605. The number of thiophene rings is 1. The van der Waals surface area contributed by atoms with Crippen LogP contribution in [0.25, 0.3) is 0 Å². The van der Waals surface area contributed by atoms with E-state index < -0.39 is 0 Å². The average Bonchev–Trinajstić information content (AvgIpc) is 3.03. The number of anilines is 1. The monoisotopic (exact) mass is 351 g/mol. The van der Waals surface area contributed by atoms with Crippen LogP contribution in [-0.4, -0.2) is 41.1 Å². The van der Waals surface area contributed by atoms with Crippen LogP contribution in [0.4, 0.5) is 5.69 Å². The zero-order valence-corrected chi connectivity index (χ0v) is 14.6. The summed E-state index contributed by atoms with van der Waals surface area (Å²) in [7, 11) is 0. The summed E-state index contributed by atoms with van der Waals surface area (Å²) in [6.45, 7) is 5.04. The van der Waals surface area contributed by atoms with Crippen molar-refractivity contribution < 1.29 is 0 Å². The molecule has 0 saturated carbocycles. The van der Waals surface area contributed by atoms with Crippen molar-refractivity contribution in [2.75, 3.05) is 31.5 Å². The number of thiocarbonyl (C=S) groups is 1. The maximum atomic E-state index is 5.90. The molecule has 0 bridgehead atoms. The fourth-order valence-electron chi connectivity index (χ4n) is 2.49. The highest BCUT2D eigenvalue weighted by atomic mass is 35.5. The largest absolute Gasteiger partial charge is 0.346 e. The molecule has 2 heterocycles. The van der Waals surface area contributed by atoms with E-state index in [1.165, 1.54) is 5.56 Å². The van der Waals surface area contributed by atoms with Gasteiger partial charge in [-0.3, -0.25) is 4.90 Å². The Hall–Kier alpha value is -1.14. The number of rotatable bonds is 3. The van der Waals surface area contributed by atoms with Gasteiger partial charge in [-0.1, -0.05) is 11.6 Å². The maximum absolute atomic E-state index is 5.90. The van der Waals surface area contributed by atoms with Gasteiger partial charge >= 0.3 is 0 Å². The van der Waals surface area contributed by atoms with E-state index in [0.29, 0.717) is 0 Å². The minimum atomic E-state index is 0.735. The molecule has 3 nitrogen and oxygen atoms in total. The third kappa shape index (κ3) is 4.20. The molecule has 0 radical (unpaired) electrons. The van der Waals surface area contributed by atoms with Gasteiger partial charge in [-0.25, -0.2) is 0 Å². The number of hydrogen-bond acceptors (Lipinski definition) is 3. The van der Waals surface area contributed by atoms with Crippen molar-refractivity contribution >= 4 is 46.0 Å². The van der Waals surface area contributed by atoms with Crippen LogP contribution in [0.5, 0.6) is 0 Å². The third-order valence-electron chi connectivity index (χ3n) is 3.74. The number of hydrogen-bond donors (Lipinski definition) is 1. The molecule has 1 aliphatic rings. The second kappa shape index (κ2) is 7.42. The average molecular weight is 352 g/mol. The molecule has 1 aliphatic heterocycles. The number of halogens is 1. The predicted molar refractivity (Wildman–Crippen MR) is 98.8 cm³/mol. The van der Waals surface area contributed by atoms with E-state index in [1.54, 1.807) is 11.3 Å². The molecule has 6 heteroatoms. The number of piperazine rings is 1. The summed E-state index contributed by atoms with van der Waals surface area (Å²) in [5, 5.41) is 9.16. The molecule has 1 aromatic heterocycles. The fraction of sp³-hybridized carbons (Fsp3) is 0.312. The molecule has 0 atom stereocenters. The Labute approximate surface area is 145 Å². The summed E-state index contributed by atoms with van der Waals surface area (Å²) in [5.41, 5.74) is 2.38. The Morgan fingerprint density at radius 1 is 1.14 bits per heavy atom. The highest BCUT2D eigenvalue weighted by Gasteiger charge is 2.19. The summed E-state index contributed by atoms with van der Waals surface area (Å²) >= 11 is 13.2. The molecule has 1 saturated heterocycles. The molecule has 0 spiro atoms. The SMILES string of the molecule is S=C(Nc1ccc(Cl)cc1)N1CCN(Cc2ccsc2)CC1. The zero-order valence-electron chi connectivity index (χ0n) is 12.2. The van der Waals surface area contributed by atoms with Crippen LogP contribution in [0.15, 0.2) is 41.1 Å². The predicted octanol–water partition coefficient (Wildman–Crippen LogP) is 3.92. The molecular formula is C16H18ClN3S2. The lowest BCUT2D eigenvalue weighted by Gasteiger charge is -2.36. The van der Waals surface area contributed by atoms with E-state index in [-0.39, 0.29) is 0 Å². The fourth-order valence-corrected chi connectivity index (χ4v) is 3.57. The van der Waals surface area contributed by atoms with Crippen LogP contribution in [-0.2, 0) is 6.54 Å². The Morgan fingerprint density at radius 2 is 1.86 bits per heavy atom. The molecule has 0 unspecified atom stereocenters. The minimum absolute atomic E-state index is 0.735. The quantitative estimate of drug-likeness (QED) is 0.844. The molecule has 1 N–H and O–H groups in total. The maximum Gasteiger partial charge on any atom is 0.173 e. The van der Waals surface area contributed by atoms with E-state index in [9.17, 15) is 0 Å². The van der Waals surface area contributed by atoms with Crippen molar-refractivity contribution in [3.05, 3.63) is 51.7 Å². The summed E-state index contributed by atoms with van der Waals surface area (Å²) in [6, 6.07) is 9.82. The van der Waals surface area contributed by atoms with E-state index in [2.05, 4.69) is 31.9 Å². The Morgan fingerprint density at radius 3 is 2.50 bits per heavy atom. The molecule has 3 rings (SSSR count). The van der Waals surface area contributed by atoms with E-state index >= 15 is 0 Å². The van der Waals surface area contributed by atoms with Gasteiger partial charge in [0.1, 0.15) is 0 Å². The van der Waals surface area contributed by atoms with Crippen molar-refractivity contribution in [3.63, 3.8) is 0 Å². The van der Waals surface area contributed by atoms with Gasteiger partial charge in [0.2, 0.25) is 0 Å². The summed E-state index contributed by atoms with van der Waals surface area (Å²) in [6.07, 6.45) is 0. The van der Waals surface area contributed by atoms with Crippen molar-refractivity contribution in [2.24, 2.45) is 0 Å². The normalized spacial score (nSPS) is 15.8. The molecular weight excluding hydrogens is 334 g/mol. The first-order chi connectivity index (χ1) is 10.7. The van der Waals surface area contributed by atoms with E-state index in [4.69, 9.17) is 23.8 Å². The van der Waals surface area contributed by atoms with Crippen LogP contribution in [0.2, 0.25) is 5.02 Å². The number of nitrogens with one attached hydrogen (secondary N) is 1. The first-order valence-corrected chi connectivity index (χ1v) is 8.98. The van der Waals surface area contributed by atoms with Crippen LogP contribution >= 0.6 is 35.2 Å². The van der Waals surface area contributed by atoms with Gasteiger partial charge in [-0.15, -0.1) is 0 Å². The van der Waals surface area contributed by atoms with Gasteiger partial charge in [0.15, 0.2) is 5.11 Å². The van der Waals surface area contributed by atoms with Gasteiger partial charge in [-0.2, -0.15) is 11.3 Å². The minimum Gasteiger partial charge on any atom is -0.346 e. The molecule has 0 amide bonds. The highest BCUT2D eigenvalue weighted by molar-refractivity contribution is 7.80. The first-order valence-electron chi connectivity index (χ1n) is 7.25. The summed E-state index contributed by atoms with van der Waals surface area (Å²) in [4.78, 5) is 4.71. The highest BCUT2D eigenvalue weighted by Crippen LogP contribution is 2.15. The zero-order chi connectivity index (χ0) is 15.4. The topological polar surface area (TPSA) is 18.5 Å².